The third kappa shape index (κ3) is 6.00. The summed E-state index contributed by atoms with van der Waals surface area (Å²) in [6, 6.07) is 80.2. The topological polar surface area (TPSA) is 64.5 Å². The summed E-state index contributed by atoms with van der Waals surface area (Å²) in [5, 5.41) is 3.28. The van der Waals surface area contributed by atoms with Gasteiger partial charge in [-0.15, -0.1) is 0 Å². The Hall–Kier alpha value is -9.19. The lowest BCUT2D eigenvalue weighted by Gasteiger charge is -2.30. The molecule has 0 radical (unpaired) electrons. The van der Waals surface area contributed by atoms with E-state index in [0.29, 0.717) is 17.5 Å². The zero-order valence-corrected chi connectivity index (χ0v) is 37.3. The van der Waals surface area contributed by atoms with Crippen LogP contribution in [0.15, 0.2) is 237 Å². The Balaban J connectivity index is 1.00. The van der Waals surface area contributed by atoms with Crippen LogP contribution in [0.2, 0.25) is 0 Å². The zero-order valence-electron chi connectivity index (χ0n) is 37.3. The van der Waals surface area contributed by atoms with Gasteiger partial charge in [-0.3, -0.25) is 4.98 Å². The standard InChI is InChI=1S/C64H39N5/c1-3-16-42(17-4-1)61-67-62(43-18-5-2-6-19-43)69-63(68-61)46-37-44(40-30-32-41(33-31-40)60-53-39-65-35-34-48(53)51-22-10-14-29-58(51)66-60)36-45(38-46)47-24-15-28-57-59(47)52-23-9-13-27-56(52)64(57)54-25-11-7-20-49(54)50-21-8-12-26-55(50)64/h1-39H. The minimum atomic E-state index is -0.467. The summed E-state index contributed by atoms with van der Waals surface area (Å²) in [7, 11) is 0. The van der Waals surface area contributed by atoms with E-state index in [-0.39, 0.29) is 0 Å². The first-order valence-corrected chi connectivity index (χ1v) is 23.4. The second-order valence-electron chi connectivity index (χ2n) is 17.9. The smallest absolute Gasteiger partial charge is 0.164 e. The van der Waals surface area contributed by atoms with E-state index in [2.05, 4.69) is 187 Å². The SMILES string of the molecule is c1ccc(-c2nc(-c3ccccc3)nc(-c3cc(-c4ccc(-c5nc6ccccc6c6ccncc56)cc4)cc(-c4cccc5c4-c4ccccc4C54c5ccccc5-c5ccccc54)c3)n2)cc1. The van der Waals surface area contributed by atoms with Gasteiger partial charge in [-0.2, -0.15) is 0 Å². The quantitative estimate of drug-likeness (QED) is 0.156. The molecule has 0 saturated carbocycles. The summed E-state index contributed by atoms with van der Waals surface area (Å²) in [4.78, 5) is 25.3. The molecule has 2 aliphatic rings. The first kappa shape index (κ1) is 39.0. The molecule has 0 N–H and O–H groups in total. The molecule has 3 heterocycles. The van der Waals surface area contributed by atoms with Crippen molar-refractivity contribution >= 4 is 21.7 Å². The van der Waals surface area contributed by atoms with Crippen LogP contribution >= 0.6 is 0 Å². The van der Waals surface area contributed by atoms with Crippen LogP contribution in [0.4, 0.5) is 0 Å². The highest BCUT2D eigenvalue weighted by molar-refractivity contribution is 6.10. The van der Waals surface area contributed by atoms with Gasteiger partial charge in [0.1, 0.15) is 0 Å². The molecule has 3 aromatic heterocycles. The molecule has 0 aliphatic heterocycles. The number of nitrogens with zero attached hydrogens (tertiary/aromatic N) is 5. The lowest BCUT2D eigenvalue weighted by atomic mass is 9.70. The third-order valence-corrected chi connectivity index (χ3v) is 14.2. The number of hydrogen-bond acceptors (Lipinski definition) is 5. The summed E-state index contributed by atoms with van der Waals surface area (Å²) in [5.74, 6) is 1.84. The number of hydrogen-bond donors (Lipinski definition) is 0. The summed E-state index contributed by atoms with van der Waals surface area (Å²) in [6.45, 7) is 0. The van der Waals surface area contributed by atoms with Crippen molar-refractivity contribution in [2.75, 3.05) is 0 Å². The monoisotopic (exact) mass is 877 g/mol. The van der Waals surface area contributed by atoms with E-state index in [1.807, 2.05) is 54.9 Å². The first-order chi connectivity index (χ1) is 34.2. The Morgan fingerprint density at radius 2 is 0.797 bits per heavy atom. The molecule has 320 valence electrons. The maximum absolute atomic E-state index is 5.26. The molecule has 0 atom stereocenters. The maximum atomic E-state index is 5.26. The van der Waals surface area contributed by atoms with E-state index in [9.17, 15) is 0 Å². The van der Waals surface area contributed by atoms with Crippen molar-refractivity contribution in [3.63, 3.8) is 0 Å². The molecule has 0 fully saturated rings. The second kappa shape index (κ2) is 15.4. The summed E-state index contributed by atoms with van der Waals surface area (Å²) in [5.41, 5.74) is 19.8. The zero-order chi connectivity index (χ0) is 45.5. The number of benzene rings is 9. The van der Waals surface area contributed by atoms with E-state index >= 15 is 0 Å². The van der Waals surface area contributed by atoms with E-state index in [0.717, 1.165) is 71.9 Å². The normalized spacial score (nSPS) is 12.8. The Labute approximate surface area is 399 Å². The molecule has 0 amide bonds. The molecule has 2 aliphatic carbocycles. The average Bonchev–Trinajstić information content (AvgIpc) is 3.91. The van der Waals surface area contributed by atoms with Gasteiger partial charge in [0.05, 0.1) is 16.6 Å². The van der Waals surface area contributed by atoms with Gasteiger partial charge in [0, 0.05) is 45.4 Å². The summed E-state index contributed by atoms with van der Waals surface area (Å²) in [6.07, 6.45) is 3.79. The van der Waals surface area contributed by atoms with Crippen molar-refractivity contribution in [2.45, 2.75) is 5.41 Å². The van der Waals surface area contributed by atoms with Gasteiger partial charge in [-0.25, -0.2) is 19.9 Å². The van der Waals surface area contributed by atoms with E-state index in [4.69, 9.17) is 19.9 Å². The number of fused-ring (bicyclic) bond motifs is 13. The van der Waals surface area contributed by atoms with Gasteiger partial charge in [0.25, 0.3) is 0 Å². The molecule has 69 heavy (non-hydrogen) atoms. The van der Waals surface area contributed by atoms with Gasteiger partial charge in [-0.1, -0.05) is 194 Å². The fraction of sp³-hybridized carbons (Fsp3) is 0.0156. The summed E-state index contributed by atoms with van der Waals surface area (Å²) >= 11 is 0. The number of para-hydroxylation sites is 1. The Bertz CT molecular complexity index is 3910. The van der Waals surface area contributed by atoms with E-state index in [1.165, 1.54) is 44.5 Å². The molecule has 12 aromatic rings. The minimum absolute atomic E-state index is 0.467. The second-order valence-corrected chi connectivity index (χ2v) is 17.9. The predicted molar refractivity (Wildman–Crippen MR) is 279 cm³/mol. The largest absolute Gasteiger partial charge is 0.264 e. The third-order valence-electron chi connectivity index (χ3n) is 14.2. The fourth-order valence-corrected chi connectivity index (χ4v) is 11.2. The molecule has 9 aromatic carbocycles. The van der Waals surface area contributed by atoms with Crippen LogP contribution in [0.5, 0.6) is 0 Å². The lowest BCUT2D eigenvalue weighted by Crippen LogP contribution is -2.25. The van der Waals surface area contributed by atoms with Crippen LogP contribution in [0.3, 0.4) is 0 Å². The molecule has 1 spiro atoms. The van der Waals surface area contributed by atoms with Crippen molar-refractivity contribution in [1.82, 2.24) is 24.9 Å². The van der Waals surface area contributed by atoms with Crippen molar-refractivity contribution in [3.05, 3.63) is 259 Å². The van der Waals surface area contributed by atoms with Gasteiger partial charge in [0.2, 0.25) is 0 Å². The molecular formula is C64H39N5. The Kier molecular flexibility index (Phi) is 8.73. The van der Waals surface area contributed by atoms with Crippen molar-refractivity contribution < 1.29 is 0 Å². The van der Waals surface area contributed by atoms with Crippen LogP contribution in [-0.4, -0.2) is 24.9 Å². The van der Waals surface area contributed by atoms with E-state index in [1.54, 1.807) is 0 Å². The predicted octanol–water partition coefficient (Wildman–Crippen LogP) is 15.3. The van der Waals surface area contributed by atoms with E-state index < -0.39 is 5.41 Å². The van der Waals surface area contributed by atoms with Gasteiger partial charge in [0.15, 0.2) is 17.5 Å². The van der Waals surface area contributed by atoms with Crippen LogP contribution < -0.4 is 0 Å². The van der Waals surface area contributed by atoms with Crippen molar-refractivity contribution in [2.24, 2.45) is 0 Å². The highest BCUT2D eigenvalue weighted by Crippen LogP contribution is 2.64. The molecular weight excluding hydrogens is 839 g/mol. The lowest BCUT2D eigenvalue weighted by molar-refractivity contribution is 0.794. The van der Waals surface area contributed by atoms with Crippen molar-refractivity contribution in [1.29, 1.82) is 0 Å². The number of pyridine rings is 2. The molecule has 5 nitrogen and oxygen atoms in total. The highest BCUT2D eigenvalue weighted by atomic mass is 15.0. The Morgan fingerprint density at radius 3 is 1.48 bits per heavy atom. The number of aromatic nitrogens is 5. The average molecular weight is 878 g/mol. The van der Waals surface area contributed by atoms with Gasteiger partial charge in [-0.05, 0) is 102 Å². The minimum Gasteiger partial charge on any atom is -0.264 e. The number of rotatable bonds is 6. The summed E-state index contributed by atoms with van der Waals surface area (Å²) < 4.78 is 0. The highest BCUT2D eigenvalue weighted by Gasteiger charge is 2.52. The van der Waals surface area contributed by atoms with Crippen molar-refractivity contribution in [3.8, 4) is 89.9 Å². The maximum Gasteiger partial charge on any atom is 0.164 e. The fourth-order valence-electron chi connectivity index (χ4n) is 11.2. The van der Waals surface area contributed by atoms with Crippen LogP contribution in [0.1, 0.15) is 22.3 Å². The van der Waals surface area contributed by atoms with Crippen LogP contribution in [0.25, 0.3) is 112 Å². The van der Waals surface area contributed by atoms with Crippen LogP contribution in [0, 0.1) is 0 Å². The van der Waals surface area contributed by atoms with Crippen LogP contribution in [-0.2, 0) is 5.41 Å². The first-order valence-electron chi connectivity index (χ1n) is 23.4. The Morgan fingerprint density at radius 1 is 0.290 bits per heavy atom. The molecule has 0 bridgehead atoms. The molecule has 5 heteroatoms. The van der Waals surface area contributed by atoms with Gasteiger partial charge >= 0.3 is 0 Å². The van der Waals surface area contributed by atoms with Gasteiger partial charge < -0.3 is 0 Å². The molecule has 0 unspecified atom stereocenters. The molecule has 0 saturated heterocycles. The molecule has 14 rings (SSSR count).